The quantitative estimate of drug-likeness (QED) is 0.568. The molecule has 0 aliphatic heterocycles. The molecular weight excluding hydrogens is 364 g/mol. The van der Waals surface area contributed by atoms with Gasteiger partial charge in [0.05, 0.1) is 19.0 Å². The van der Waals surface area contributed by atoms with Crippen LogP contribution in [0, 0.1) is 11.6 Å². The maximum absolute atomic E-state index is 13.2. The first-order valence-corrected chi connectivity index (χ1v) is 9.08. The molecule has 28 heavy (non-hydrogen) atoms. The average Bonchev–Trinajstić information content (AvgIpc) is 3.19. The Morgan fingerprint density at radius 3 is 1.96 bits per heavy atom. The van der Waals surface area contributed by atoms with E-state index >= 15 is 0 Å². The lowest BCUT2D eigenvalue weighted by molar-refractivity contribution is 0.00253. The van der Waals surface area contributed by atoms with Crippen LogP contribution in [0.25, 0.3) is 0 Å². The van der Waals surface area contributed by atoms with E-state index in [0.29, 0.717) is 32.0 Å². The van der Waals surface area contributed by atoms with Crippen LogP contribution in [-0.4, -0.2) is 29.3 Å². The van der Waals surface area contributed by atoms with Crippen LogP contribution in [0.3, 0.4) is 0 Å². The number of hydrogen-bond acceptors (Lipinski definition) is 4. The van der Waals surface area contributed by atoms with Crippen LogP contribution >= 0.6 is 0 Å². The van der Waals surface area contributed by atoms with Gasteiger partial charge in [0, 0.05) is 19.6 Å². The smallest absolute Gasteiger partial charge is 0.129 e. The summed E-state index contributed by atoms with van der Waals surface area (Å²) in [6.45, 7) is 1.84. The average molecular weight is 387 g/mol. The molecule has 0 saturated heterocycles. The van der Waals surface area contributed by atoms with E-state index in [0.717, 1.165) is 11.1 Å². The second-order valence-corrected chi connectivity index (χ2v) is 6.67. The van der Waals surface area contributed by atoms with Crippen LogP contribution < -0.4 is 0 Å². The summed E-state index contributed by atoms with van der Waals surface area (Å²) in [5, 5.41) is 10.4. The zero-order valence-electron chi connectivity index (χ0n) is 15.4. The van der Waals surface area contributed by atoms with Gasteiger partial charge in [0.25, 0.3) is 0 Å². The Morgan fingerprint density at radius 1 is 0.893 bits per heavy atom. The third-order valence-electron chi connectivity index (χ3n) is 4.24. The van der Waals surface area contributed by atoms with Gasteiger partial charge in [-0.05, 0) is 47.5 Å². The minimum Gasteiger partial charge on any atom is -0.467 e. The largest absolute Gasteiger partial charge is 0.467 e. The Morgan fingerprint density at radius 2 is 1.46 bits per heavy atom. The monoisotopic (exact) mass is 387 g/mol. The number of benzene rings is 2. The molecule has 3 rings (SSSR count). The van der Waals surface area contributed by atoms with Crippen molar-refractivity contribution in [1.29, 1.82) is 0 Å². The number of furan rings is 1. The molecule has 1 heterocycles. The maximum Gasteiger partial charge on any atom is 0.129 e. The Kier molecular flexibility index (Phi) is 7.31. The molecular formula is C22H23F2NO3. The zero-order valence-corrected chi connectivity index (χ0v) is 15.4. The van der Waals surface area contributed by atoms with Gasteiger partial charge in [-0.3, -0.25) is 4.90 Å². The molecule has 6 heteroatoms. The first-order chi connectivity index (χ1) is 13.6. The minimum atomic E-state index is -0.712. The lowest BCUT2D eigenvalue weighted by atomic mass is 10.1. The first-order valence-electron chi connectivity index (χ1n) is 9.08. The summed E-state index contributed by atoms with van der Waals surface area (Å²) in [6, 6.07) is 16.1. The van der Waals surface area contributed by atoms with Crippen LogP contribution in [0.15, 0.2) is 71.3 Å². The van der Waals surface area contributed by atoms with Gasteiger partial charge in [-0.25, -0.2) is 8.78 Å². The van der Waals surface area contributed by atoms with Crippen molar-refractivity contribution in [3.8, 4) is 0 Å². The van der Waals surface area contributed by atoms with E-state index < -0.39 is 6.10 Å². The summed E-state index contributed by atoms with van der Waals surface area (Å²) in [6.07, 6.45) is 0.860. The number of hydrogen-bond donors (Lipinski definition) is 1. The summed E-state index contributed by atoms with van der Waals surface area (Å²) in [7, 11) is 0. The molecule has 1 N–H and O–H groups in total. The molecule has 1 atom stereocenters. The fourth-order valence-electron chi connectivity index (χ4n) is 2.92. The van der Waals surface area contributed by atoms with E-state index in [2.05, 4.69) is 0 Å². The second kappa shape index (κ2) is 10.1. The molecule has 148 valence electrons. The molecule has 0 saturated carbocycles. The number of rotatable bonds is 10. The molecule has 0 fully saturated rings. The SMILES string of the molecule is O[C@@H](COCc1ccco1)CN(Cc1ccc(F)cc1)Cc1ccc(F)cc1. The van der Waals surface area contributed by atoms with Gasteiger partial charge in [0.2, 0.25) is 0 Å². The predicted molar refractivity (Wildman–Crippen MR) is 101 cm³/mol. The number of halogens is 2. The number of ether oxygens (including phenoxy) is 1. The fourth-order valence-corrected chi connectivity index (χ4v) is 2.92. The van der Waals surface area contributed by atoms with Crippen molar-refractivity contribution >= 4 is 0 Å². The topological polar surface area (TPSA) is 45.8 Å². The highest BCUT2D eigenvalue weighted by molar-refractivity contribution is 5.18. The van der Waals surface area contributed by atoms with Crippen LogP contribution in [0.2, 0.25) is 0 Å². The van der Waals surface area contributed by atoms with Gasteiger partial charge in [0.1, 0.15) is 24.0 Å². The van der Waals surface area contributed by atoms with E-state index in [1.807, 2.05) is 11.0 Å². The molecule has 0 bridgehead atoms. The Bertz CT molecular complexity index is 773. The van der Waals surface area contributed by atoms with Crippen molar-refractivity contribution in [2.75, 3.05) is 13.2 Å². The number of aliphatic hydroxyl groups is 1. The highest BCUT2D eigenvalue weighted by Crippen LogP contribution is 2.13. The van der Waals surface area contributed by atoms with Gasteiger partial charge in [-0.15, -0.1) is 0 Å². The van der Waals surface area contributed by atoms with Crippen molar-refractivity contribution in [3.63, 3.8) is 0 Å². The highest BCUT2D eigenvalue weighted by atomic mass is 19.1. The lowest BCUT2D eigenvalue weighted by Crippen LogP contribution is -2.34. The van der Waals surface area contributed by atoms with Gasteiger partial charge in [-0.2, -0.15) is 0 Å². The highest BCUT2D eigenvalue weighted by Gasteiger charge is 2.14. The molecule has 0 aliphatic rings. The van der Waals surface area contributed by atoms with Gasteiger partial charge < -0.3 is 14.3 Å². The zero-order chi connectivity index (χ0) is 19.8. The van der Waals surface area contributed by atoms with Crippen molar-refractivity contribution in [3.05, 3.63) is 95.4 Å². The van der Waals surface area contributed by atoms with Crippen molar-refractivity contribution in [2.24, 2.45) is 0 Å². The number of nitrogens with zero attached hydrogens (tertiary/aromatic N) is 1. The fraction of sp³-hybridized carbons (Fsp3) is 0.273. The second-order valence-electron chi connectivity index (χ2n) is 6.67. The van der Waals surface area contributed by atoms with Gasteiger partial charge >= 0.3 is 0 Å². The molecule has 0 radical (unpaired) electrons. The summed E-state index contributed by atoms with van der Waals surface area (Å²) >= 11 is 0. The first kappa shape index (κ1) is 20.2. The van der Waals surface area contributed by atoms with Gasteiger partial charge in [0.15, 0.2) is 0 Å². The third kappa shape index (κ3) is 6.56. The summed E-state index contributed by atoms with van der Waals surface area (Å²) in [4.78, 5) is 2.02. The van der Waals surface area contributed by atoms with Crippen molar-refractivity contribution < 1.29 is 23.0 Å². The molecule has 0 aliphatic carbocycles. The van der Waals surface area contributed by atoms with Crippen LogP contribution in [0.5, 0.6) is 0 Å². The Balaban J connectivity index is 1.58. The maximum atomic E-state index is 13.2. The standard InChI is InChI=1S/C22H23F2NO3/c23-19-7-3-17(4-8-19)12-25(13-18-5-9-20(24)10-6-18)14-21(26)15-27-16-22-2-1-11-28-22/h1-11,21,26H,12-16H2/t21-/m1/s1. The van der Waals surface area contributed by atoms with E-state index in [-0.39, 0.29) is 18.2 Å². The summed E-state index contributed by atoms with van der Waals surface area (Å²) in [5.74, 6) is 0.113. The van der Waals surface area contributed by atoms with Crippen LogP contribution in [-0.2, 0) is 24.4 Å². The molecule has 2 aromatic carbocycles. The molecule has 1 aromatic heterocycles. The third-order valence-corrected chi connectivity index (χ3v) is 4.24. The normalized spacial score (nSPS) is 12.4. The number of aliphatic hydroxyl groups excluding tert-OH is 1. The molecule has 0 unspecified atom stereocenters. The van der Waals surface area contributed by atoms with E-state index in [4.69, 9.17) is 9.15 Å². The van der Waals surface area contributed by atoms with Crippen LogP contribution in [0.1, 0.15) is 16.9 Å². The molecule has 0 amide bonds. The minimum absolute atomic E-state index is 0.157. The van der Waals surface area contributed by atoms with Crippen LogP contribution in [0.4, 0.5) is 8.78 Å². The summed E-state index contributed by atoms with van der Waals surface area (Å²) in [5.41, 5.74) is 1.85. The van der Waals surface area contributed by atoms with E-state index in [1.54, 1.807) is 36.6 Å². The Hall–Kier alpha value is -2.54. The molecule has 4 nitrogen and oxygen atoms in total. The summed E-state index contributed by atoms with van der Waals surface area (Å²) < 4.78 is 37.0. The Labute approximate surface area is 163 Å². The van der Waals surface area contributed by atoms with E-state index in [1.165, 1.54) is 24.3 Å². The van der Waals surface area contributed by atoms with Crippen molar-refractivity contribution in [2.45, 2.75) is 25.8 Å². The van der Waals surface area contributed by atoms with Crippen molar-refractivity contribution in [1.82, 2.24) is 4.90 Å². The molecule has 0 spiro atoms. The predicted octanol–water partition coefficient (Wildman–Crippen LogP) is 4.14. The van der Waals surface area contributed by atoms with E-state index in [9.17, 15) is 13.9 Å². The lowest BCUT2D eigenvalue weighted by Gasteiger charge is -2.25. The van der Waals surface area contributed by atoms with Gasteiger partial charge in [-0.1, -0.05) is 24.3 Å². The molecule has 3 aromatic rings.